The molecule has 0 spiro atoms. The van der Waals surface area contributed by atoms with E-state index in [0.29, 0.717) is 30.2 Å². The highest BCUT2D eigenvalue weighted by molar-refractivity contribution is 8.13. The lowest BCUT2D eigenvalue weighted by Gasteiger charge is -2.16. The summed E-state index contributed by atoms with van der Waals surface area (Å²) in [5.74, 6) is 2.47. The molecular formula is C47H49ClN8O6S2. The maximum Gasteiger partial charge on any atom is 0.263 e. The molecule has 8 aromatic rings. The summed E-state index contributed by atoms with van der Waals surface area (Å²) in [6.45, 7) is 11.6. The van der Waals surface area contributed by atoms with Gasteiger partial charge < -0.3 is 15.2 Å². The van der Waals surface area contributed by atoms with Crippen LogP contribution in [-0.4, -0.2) is 57.6 Å². The van der Waals surface area contributed by atoms with E-state index in [0.717, 1.165) is 61.5 Å². The highest BCUT2D eigenvalue weighted by Crippen LogP contribution is 2.38. The van der Waals surface area contributed by atoms with E-state index in [2.05, 4.69) is 24.9 Å². The summed E-state index contributed by atoms with van der Waals surface area (Å²) in [6.07, 6.45) is 4.86. The zero-order valence-electron chi connectivity index (χ0n) is 35.4. The van der Waals surface area contributed by atoms with Crippen LogP contribution < -0.4 is 19.9 Å². The van der Waals surface area contributed by atoms with Crippen LogP contribution in [0.1, 0.15) is 57.6 Å². The molecule has 0 atom stereocenters. The summed E-state index contributed by atoms with van der Waals surface area (Å²) in [5, 5.41) is 10.8. The monoisotopic (exact) mass is 920 g/mol. The van der Waals surface area contributed by atoms with Crippen LogP contribution in [0, 0.1) is 13.8 Å². The number of hydrogen-bond acceptors (Lipinski definition) is 11. The number of nitrogen functional groups attached to an aromatic ring is 1. The topological polar surface area (TPSA) is 186 Å². The Hall–Kier alpha value is -6.49. The molecule has 2 aliphatic rings. The van der Waals surface area contributed by atoms with Gasteiger partial charge in [-0.1, -0.05) is 19.6 Å². The van der Waals surface area contributed by atoms with Crippen LogP contribution in [0.2, 0.25) is 0 Å². The van der Waals surface area contributed by atoms with Gasteiger partial charge in [0.2, 0.25) is 0 Å². The summed E-state index contributed by atoms with van der Waals surface area (Å²) in [7, 11) is -2.21. The van der Waals surface area contributed by atoms with Crippen molar-refractivity contribution in [2.45, 2.75) is 82.8 Å². The Labute approximate surface area is 377 Å². The Morgan fingerprint density at radius 3 is 1.64 bits per heavy atom. The minimum Gasteiger partial charge on any atom is -0.487 e. The molecule has 0 bridgehead atoms. The number of nitrogens with zero attached hydrogens (tertiary/aromatic N) is 6. The van der Waals surface area contributed by atoms with Crippen molar-refractivity contribution < 1.29 is 26.3 Å². The van der Waals surface area contributed by atoms with Crippen molar-refractivity contribution in [2.75, 3.05) is 10.5 Å². The molecule has 0 amide bonds. The summed E-state index contributed by atoms with van der Waals surface area (Å²) in [5.41, 5.74) is 12.2. The average molecular weight is 922 g/mol. The van der Waals surface area contributed by atoms with E-state index in [9.17, 15) is 16.8 Å². The van der Waals surface area contributed by atoms with Crippen LogP contribution in [0.15, 0.2) is 131 Å². The van der Waals surface area contributed by atoms with Gasteiger partial charge in [-0.25, -0.2) is 26.2 Å². The third-order valence-corrected chi connectivity index (χ3v) is 13.0. The van der Waals surface area contributed by atoms with Crippen LogP contribution in [0.3, 0.4) is 0 Å². The second-order valence-electron chi connectivity index (χ2n) is 16.6. The molecular weight excluding hydrogens is 872 g/mol. The number of sulfonamides is 1. The van der Waals surface area contributed by atoms with Crippen LogP contribution in [0.4, 0.5) is 11.6 Å². The van der Waals surface area contributed by atoms with Gasteiger partial charge in [-0.2, -0.15) is 10.2 Å². The number of rotatable bonds is 6. The average Bonchev–Trinajstić information content (AvgIpc) is 3.95. The smallest absolute Gasteiger partial charge is 0.263 e. The number of fused-ring (bicyclic) bond motifs is 4. The lowest BCUT2D eigenvalue weighted by molar-refractivity contribution is 0.138. The lowest BCUT2D eigenvalue weighted by Crippen LogP contribution is -2.24. The molecule has 4 aromatic heterocycles. The van der Waals surface area contributed by atoms with E-state index in [-0.39, 0.29) is 28.4 Å². The van der Waals surface area contributed by atoms with E-state index in [1.165, 1.54) is 6.07 Å². The predicted octanol–water partition coefficient (Wildman–Crippen LogP) is 9.52. The van der Waals surface area contributed by atoms with Gasteiger partial charge in [-0.05, 0) is 138 Å². The molecule has 0 unspecified atom stereocenters. The van der Waals surface area contributed by atoms with Crippen molar-refractivity contribution in [1.29, 1.82) is 0 Å². The number of nitrogens with two attached hydrogens (primary N) is 1. The Morgan fingerprint density at radius 2 is 1.12 bits per heavy atom. The molecule has 0 saturated heterocycles. The SMILES string of the molecule is C.CC1(C)Cc2cc(S(=O)(=O)Cl)ccc2O1.Cc1cc(N)n(-c2cccc3ncccc23)n1.Cc1cc(NS(=O)(=O)c2ccc3c(c2)CC(C)(C)O3)n(-c2cccc3ncccc23)n1. The summed E-state index contributed by atoms with van der Waals surface area (Å²) in [4.78, 5) is 9.02. The first kappa shape index (κ1) is 45.5. The van der Waals surface area contributed by atoms with Gasteiger partial charge in [0.1, 0.15) is 34.3 Å². The van der Waals surface area contributed by atoms with E-state index < -0.39 is 19.1 Å². The van der Waals surface area contributed by atoms with E-state index in [4.69, 9.17) is 25.9 Å². The van der Waals surface area contributed by atoms with E-state index in [1.807, 2.05) is 108 Å². The maximum atomic E-state index is 13.2. The molecule has 17 heteroatoms. The highest BCUT2D eigenvalue weighted by Gasteiger charge is 2.32. The fourth-order valence-electron chi connectivity index (χ4n) is 7.70. The number of aryl methyl sites for hydroxylation is 2. The quantitative estimate of drug-likeness (QED) is 0.151. The molecule has 4 aromatic carbocycles. The molecule has 0 aliphatic carbocycles. The van der Waals surface area contributed by atoms with Crippen LogP contribution in [-0.2, 0) is 31.9 Å². The highest BCUT2D eigenvalue weighted by atomic mass is 35.7. The summed E-state index contributed by atoms with van der Waals surface area (Å²) < 4.78 is 66.2. The Bertz CT molecular complexity index is 3270. The van der Waals surface area contributed by atoms with Crippen LogP contribution in [0.25, 0.3) is 33.2 Å². The minimum atomic E-state index is -3.82. The third kappa shape index (κ3) is 9.68. The number of halogens is 1. The molecule has 0 fully saturated rings. The van der Waals surface area contributed by atoms with E-state index in [1.54, 1.807) is 58.2 Å². The maximum absolute atomic E-state index is 13.2. The zero-order valence-corrected chi connectivity index (χ0v) is 37.8. The molecule has 14 nitrogen and oxygen atoms in total. The van der Waals surface area contributed by atoms with Crippen LogP contribution in [0.5, 0.6) is 11.5 Å². The fraction of sp³-hybridized carbons (Fsp3) is 0.234. The first-order chi connectivity index (χ1) is 29.7. The third-order valence-electron chi connectivity index (χ3n) is 10.3. The standard InChI is InChI=1S/C23H22N4O3S.C13H12N4.C10H11ClO3S.CH4/c1-15-12-22(27(25-15)20-8-4-7-19-18(20)6-5-11-24-19)26-31(28,29)17-9-10-21-16(13-17)14-23(2,3)30-21;1-9-8-13(14)17(16-9)12-6-2-5-11-10(12)4-3-7-15-11;1-10(2)6-7-5-8(15(11,12)13)3-4-9(7)14-10;/h4-13,26H,14H2,1-3H3;2-8H,14H2,1H3;3-5H,6H2,1-2H3;1H4. The van der Waals surface area contributed by atoms with Crippen molar-refractivity contribution in [3.05, 3.63) is 144 Å². The Kier molecular flexibility index (Phi) is 12.3. The number of aromatic nitrogens is 6. The number of nitrogens with one attached hydrogen (secondary N) is 1. The minimum absolute atomic E-state index is 0. The van der Waals surface area contributed by atoms with Crippen molar-refractivity contribution in [2.24, 2.45) is 0 Å². The first-order valence-electron chi connectivity index (χ1n) is 19.9. The van der Waals surface area contributed by atoms with Gasteiger partial charge in [-0.3, -0.25) is 14.7 Å². The Balaban J connectivity index is 0.000000157. The number of ether oxygens (including phenoxy) is 2. The summed E-state index contributed by atoms with van der Waals surface area (Å²) >= 11 is 0. The summed E-state index contributed by atoms with van der Waals surface area (Å²) in [6, 6.07) is 32.6. The van der Waals surface area contributed by atoms with Crippen LogP contribution >= 0.6 is 10.7 Å². The van der Waals surface area contributed by atoms with Crippen molar-refractivity contribution in [3.8, 4) is 22.9 Å². The largest absolute Gasteiger partial charge is 0.487 e. The van der Waals surface area contributed by atoms with Gasteiger partial charge in [0, 0.05) is 58.8 Å². The lowest BCUT2D eigenvalue weighted by atomic mass is 10.0. The molecule has 332 valence electrons. The van der Waals surface area contributed by atoms with Crippen molar-refractivity contribution in [3.63, 3.8) is 0 Å². The molecule has 3 N–H and O–H groups in total. The van der Waals surface area contributed by atoms with Gasteiger partial charge in [0.15, 0.2) is 0 Å². The van der Waals surface area contributed by atoms with Crippen molar-refractivity contribution >= 4 is 63.2 Å². The van der Waals surface area contributed by atoms with Gasteiger partial charge in [-0.15, -0.1) is 0 Å². The number of anilines is 2. The zero-order chi connectivity index (χ0) is 44.9. The second-order valence-corrected chi connectivity index (χ2v) is 20.8. The van der Waals surface area contributed by atoms with Gasteiger partial charge in [0.05, 0.1) is 43.6 Å². The first-order valence-corrected chi connectivity index (χ1v) is 23.7. The molecule has 0 saturated carbocycles. The number of benzene rings is 4. The number of hydrogen-bond donors (Lipinski definition) is 2. The molecule has 10 rings (SSSR count). The molecule has 2 aliphatic heterocycles. The van der Waals surface area contributed by atoms with E-state index >= 15 is 0 Å². The number of pyridine rings is 2. The molecule has 0 radical (unpaired) electrons. The van der Waals surface area contributed by atoms with Gasteiger partial charge >= 0.3 is 0 Å². The second kappa shape index (κ2) is 17.2. The molecule has 6 heterocycles. The Morgan fingerprint density at radius 1 is 0.641 bits per heavy atom. The normalized spacial score (nSPS) is 14.4. The fourth-order valence-corrected chi connectivity index (χ4v) is 9.58. The predicted molar refractivity (Wildman–Crippen MR) is 252 cm³/mol. The van der Waals surface area contributed by atoms with Gasteiger partial charge in [0.25, 0.3) is 19.1 Å². The molecule has 64 heavy (non-hydrogen) atoms. The van der Waals surface area contributed by atoms with Crippen molar-refractivity contribution in [1.82, 2.24) is 29.5 Å².